The number of rotatable bonds is 2. The van der Waals surface area contributed by atoms with Gasteiger partial charge in [-0.25, -0.2) is 0 Å². The maximum atomic E-state index is 8.48. The van der Waals surface area contributed by atoms with Crippen molar-refractivity contribution in [3.8, 4) is 0 Å². The van der Waals surface area contributed by atoms with Gasteiger partial charge in [-0.05, 0) is 36.8 Å². The normalized spacial score (nSPS) is 19.0. The van der Waals surface area contributed by atoms with Crippen molar-refractivity contribution in [1.82, 2.24) is 10.6 Å². The van der Waals surface area contributed by atoms with Crippen LogP contribution in [-0.2, 0) is 0 Å². The Morgan fingerprint density at radius 3 is 2.69 bits per heavy atom. The molecule has 3 heterocycles. The van der Waals surface area contributed by atoms with Crippen molar-refractivity contribution in [2.75, 3.05) is 29.4 Å². The van der Waals surface area contributed by atoms with Crippen LogP contribution in [0.5, 0.6) is 0 Å². The summed E-state index contributed by atoms with van der Waals surface area (Å²) in [6, 6.07) is 5.98. The van der Waals surface area contributed by atoms with Crippen molar-refractivity contribution in [2.45, 2.75) is 13.3 Å². The van der Waals surface area contributed by atoms with Gasteiger partial charge < -0.3 is 21.3 Å². The zero-order valence-electron chi connectivity index (χ0n) is 16.1. The molecule has 8 nitrogen and oxygen atoms in total. The molecule has 0 bridgehead atoms. The molecule has 29 heavy (non-hydrogen) atoms. The fourth-order valence-electron chi connectivity index (χ4n) is 3.59. The van der Waals surface area contributed by atoms with Crippen LogP contribution in [0.3, 0.4) is 0 Å². The monoisotopic (exact) mass is 410 g/mol. The Balaban J connectivity index is 1.84. The summed E-state index contributed by atoms with van der Waals surface area (Å²) in [5.41, 5.74) is 9.31. The maximum Gasteiger partial charge on any atom is 0.115 e. The molecule has 0 aliphatic carbocycles. The van der Waals surface area contributed by atoms with Crippen LogP contribution >= 0.6 is 11.6 Å². The molecule has 0 radical (unpaired) electrons. The van der Waals surface area contributed by atoms with Crippen molar-refractivity contribution in [3.05, 3.63) is 58.8 Å². The Bertz CT molecular complexity index is 1000. The summed E-state index contributed by atoms with van der Waals surface area (Å²) in [6.07, 6.45) is 5.96. The van der Waals surface area contributed by atoms with Gasteiger partial charge >= 0.3 is 0 Å². The molecule has 0 aromatic heterocycles. The van der Waals surface area contributed by atoms with Crippen LogP contribution < -0.4 is 26.2 Å². The zero-order chi connectivity index (χ0) is 20.5. The molecule has 3 aliphatic heterocycles. The van der Waals surface area contributed by atoms with Gasteiger partial charge in [-0.15, -0.1) is 0 Å². The molecule has 9 heteroatoms. The van der Waals surface area contributed by atoms with Gasteiger partial charge in [-0.1, -0.05) is 17.7 Å². The first kappa shape index (κ1) is 19.1. The van der Waals surface area contributed by atoms with E-state index in [1.54, 1.807) is 18.0 Å². The van der Waals surface area contributed by atoms with Crippen LogP contribution in [0.1, 0.15) is 18.9 Å². The molecular formula is C20H23ClN8. The number of nitrogens with zero attached hydrogens (tertiary/aromatic N) is 3. The van der Waals surface area contributed by atoms with Crippen LogP contribution in [0, 0.1) is 10.8 Å². The number of halogens is 1. The van der Waals surface area contributed by atoms with E-state index >= 15 is 0 Å². The van der Waals surface area contributed by atoms with E-state index in [1.165, 1.54) is 0 Å². The molecule has 0 amide bonds. The molecule has 3 aliphatic rings. The summed E-state index contributed by atoms with van der Waals surface area (Å²) in [5.74, 6) is 2.17. The summed E-state index contributed by atoms with van der Waals surface area (Å²) in [4.78, 5) is 8.28. The zero-order valence-corrected chi connectivity index (χ0v) is 16.8. The molecule has 150 valence electrons. The number of fused-ring (bicyclic) bond motifs is 1. The molecule has 4 rings (SSSR count). The average Bonchev–Trinajstić information content (AvgIpc) is 2.85. The number of benzene rings is 1. The van der Waals surface area contributed by atoms with Gasteiger partial charge in [0.2, 0.25) is 0 Å². The Kier molecular flexibility index (Phi) is 5.02. The van der Waals surface area contributed by atoms with Gasteiger partial charge in [0.05, 0.1) is 36.4 Å². The summed E-state index contributed by atoms with van der Waals surface area (Å²) >= 11 is 6.11. The highest BCUT2D eigenvalue weighted by atomic mass is 35.5. The first-order chi connectivity index (χ1) is 13.9. The lowest BCUT2D eigenvalue weighted by Crippen LogP contribution is -2.35. The number of hydrogen-bond donors (Lipinski definition) is 5. The van der Waals surface area contributed by atoms with Gasteiger partial charge in [0, 0.05) is 18.0 Å². The van der Waals surface area contributed by atoms with E-state index < -0.39 is 0 Å². The van der Waals surface area contributed by atoms with Crippen LogP contribution in [0.15, 0.2) is 58.2 Å². The van der Waals surface area contributed by atoms with E-state index in [0.717, 1.165) is 33.5 Å². The molecule has 6 N–H and O–H groups in total. The van der Waals surface area contributed by atoms with Crippen LogP contribution in [0.4, 0.5) is 11.4 Å². The molecule has 0 fully saturated rings. The van der Waals surface area contributed by atoms with Gasteiger partial charge in [0.1, 0.15) is 23.3 Å². The quantitative estimate of drug-likeness (QED) is 0.379. The van der Waals surface area contributed by atoms with Crippen molar-refractivity contribution in [3.63, 3.8) is 0 Å². The number of amidine groups is 2. The number of dihydropyridines is 1. The Morgan fingerprint density at radius 2 is 2.03 bits per heavy atom. The predicted octanol–water partition coefficient (Wildman–Crippen LogP) is 2.39. The highest BCUT2D eigenvalue weighted by molar-refractivity contribution is 6.30. The topological polar surface area (TPSA) is 117 Å². The molecule has 1 aromatic carbocycles. The van der Waals surface area contributed by atoms with E-state index in [9.17, 15) is 0 Å². The van der Waals surface area contributed by atoms with Crippen LogP contribution in [0.2, 0.25) is 0 Å². The summed E-state index contributed by atoms with van der Waals surface area (Å²) in [7, 11) is 0. The largest absolute Gasteiger partial charge is 0.384 e. The second kappa shape index (κ2) is 7.63. The minimum absolute atomic E-state index is 0.312. The fourth-order valence-corrected chi connectivity index (χ4v) is 3.72. The number of hydrogen-bond acceptors (Lipinski definition) is 7. The van der Waals surface area contributed by atoms with E-state index in [4.69, 9.17) is 28.2 Å². The molecule has 0 atom stereocenters. The SMILES string of the molecule is CC(=N)N1C(=N)CCN(C2=CC=C(Cl)CN2)c2cc(C3=NC=C(N)NC3)ccc21. The van der Waals surface area contributed by atoms with Gasteiger partial charge in [0.25, 0.3) is 0 Å². The average molecular weight is 411 g/mol. The standard InChI is InChI=1S/C20H23ClN8/c1-12(22)29-16-4-2-13(15-10-26-18(23)11-25-15)8-17(16)28(7-6-19(29)24)20-5-3-14(21)9-27-20/h2-5,8,11,22,24,26-27H,6-7,9-10,23H2,1H3. The summed E-state index contributed by atoms with van der Waals surface area (Å²) < 4.78 is 0. The van der Waals surface area contributed by atoms with Crippen molar-refractivity contribution in [1.29, 1.82) is 10.8 Å². The number of aliphatic imine (C=N–C) groups is 1. The van der Waals surface area contributed by atoms with Crippen LogP contribution in [-0.4, -0.2) is 37.0 Å². The second-order valence-electron chi connectivity index (χ2n) is 7.01. The van der Waals surface area contributed by atoms with Crippen LogP contribution in [0.25, 0.3) is 0 Å². The van der Waals surface area contributed by atoms with Crippen molar-refractivity contribution in [2.24, 2.45) is 10.7 Å². The Labute approximate surface area is 174 Å². The molecule has 1 aromatic rings. The predicted molar refractivity (Wildman–Crippen MR) is 119 cm³/mol. The number of anilines is 2. The van der Waals surface area contributed by atoms with E-state index in [-0.39, 0.29) is 0 Å². The van der Waals surface area contributed by atoms with E-state index in [1.807, 2.05) is 24.3 Å². The first-order valence-electron chi connectivity index (χ1n) is 9.35. The second-order valence-corrected chi connectivity index (χ2v) is 7.49. The van der Waals surface area contributed by atoms with E-state index in [2.05, 4.69) is 26.6 Å². The fraction of sp³-hybridized carbons (Fsp3) is 0.250. The lowest BCUT2D eigenvalue weighted by Gasteiger charge is -2.31. The Morgan fingerprint density at radius 1 is 1.21 bits per heavy atom. The summed E-state index contributed by atoms with van der Waals surface area (Å²) in [5, 5.41) is 23.9. The van der Waals surface area contributed by atoms with Crippen molar-refractivity contribution >= 4 is 40.4 Å². The third kappa shape index (κ3) is 3.71. The van der Waals surface area contributed by atoms with Gasteiger partial charge in [-0.2, -0.15) is 0 Å². The lowest BCUT2D eigenvalue weighted by atomic mass is 10.1. The lowest BCUT2D eigenvalue weighted by molar-refractivity contribution is 0.781. The molecule has 0 saturated carbocycles. The third-order valence-electron chi connectivity index (χ3n) is 4.99. The molecule has 0 spiro atoms. The van der Waals surface area contributed by atoms with Crippen molar-refractivity contribution < 1.29 is 0 Å². The smallest absolute Gasteiger partial charge is 0.115 e. The highest BCUT2D eigenvalue weighted by Crippen LogP contribution is 2.36. The number of nitrogens with two attached hydrogens (primary N) is 1. The van der Waals surface area contributed by atoms with E-state index in [0.29, 0.717) is 43.5 Å². The maximum absolute atomic E-state index is 8.48. The van der Waals surface area contributed by atoms with Gasteiger partial charge in [0.15, 0.2) is 0 Å². The Hall–Kier alpha value is -3.26. The third-order valence-corrected chi connectivity index (χ3v) is 5.25. The number of allylic oxidation sites excluding steroid dienone is 2. The minimum Gasteiger partial charge on any atom is -0.384 e. The number of nitrogens with one attached hydrogen (secondary N) is 4. The molecule has 0 saturated heterocycles. The first-order valence-corrected chi connectivity index (χ1v) is 9.73. The minimum atomic E-state index is 0.312. The molecule has 0 unspecified atom stereocenters. The highest BCUT2D eigenvalue weighted by Gasteiger charge is 2.28. The summed E-state index contributed by atoms with van der Waals surface area (Å²) in [6.45, 7) is 3.42. The molecular weight excluding hydrogens is 388 g/mol. The van der Waals surface area contributed by atoms with Gasteiger partial charge in [-0.3, -0.25) is 20.7 Å².